The van der Waals surface area contributed by atoms with Crippen molar-refractivity contribution in [3.8, 4) is 0 Å². The molecular weight excluding hydrogens is 407 g/mol. The maximum Gasteiger partial charge on any atom is 0.159 e. The van der Waals surface area contributed by atoms with Crippen molar-refractivity contribution in [2.24, 2.45) is 0 Å². The van der Waals surface area contributed by atoms with Gasteiger partial charge in [-0.2, -0.15) is 0 Å². The van der Waals surface area contributed by atoms with E-state index in [-0.39, 0.29) is 0 Å². The summed E-state index contributed by atoms with van der Waals surface area (Å²) < 4.78 is -0.415. The first-order valence-corrected chi connectivity index (χ1v) is 6.66. The van der Waals surface area contributed by atoms with Crippen LogP contribution < -0.4 is 0 Å². The van der Waals surface area contributed by atoms with E-state index in [2.05, 4.69) is 47.8 Å². The molecule has 0 aliphatic rings. The normalized spacial score (nSPS) is 11.8. The second kappa shape index (κ2) is 4.84. The Balaban J connectivity index is 3.10. The van der Waals surface area contributed by atoms with Crippen LogP contribution in [0, 0.1) is 0 Å². The monoisotopic (exact) mass is 408 g/mol. The van der Waals surface area contributed by atoms with E-state index in [1.165, 1.54) is 0 Å². The topological polar surface area (TPSA) is 0 Å². The maximum atomic E-state index is 5.99. The lowest BCUT2D eigenvalue weighted by atomic mass is 10.2. The van der Waals surface area contributed by atoms with Crippen molar-refractivity contribution in [2.75, 3.05) is 0 Å². The van der Waals surface area contributed by atoms with Crippen LogP contribution in [-0.4, -0.2) is 0 Å². The van der Waals surface area contributed by atoms with Crippen molar-refractivity contribution < 1.29 is 0 Å². The summed E-state index contributed by atoms with van der Waals surface area (Å²) >= 11 is 21.9. The van der Waals surface area contributed by atoms with Crippen molar-refractivity contribution in [3.05, 3.63) is 34.3 Å². The number of rotatable bonds is 1. The number of hydrogen-bond acceptors (Lipinski definition) is 0. The number of benzene rings is 1. The minimum Gasteiger partial charge on any atom is -0.121 e. The quantitative estimate of drug-likeness (QED) is 0.545. The molecule has 0 aromatic heterocycles. The van der Waals surface area contributed by atoms with Crippen LogP contribution in [0.1, 0.15) is 11.1 Å². The number of alkyl halides is 4. The van der Waals surface area contributed by atoms with Gasteiger partial charge in [0.15, 0.2) is 2.14 Å². The largest absolute Gasteiger partial charge is 0.159 e. The van der Waals surface area contributed by atoms with Crippen LogP contribution in [0.15, 0.2) is 18.2 Å². The molecule has 0 N–H and O–H groups in total. The molecule has 0 fully saturated rings. The Kier molecular flexibility index (Phi) is 4.59. The molecule has 0 saturated carbocycles. The van der Waals surface area contributed by atoms with E-state index in [9.17, 15) is 0 Å². The van der Waals surface area contributed by atoms with Gasteiger partial charge in [0.25, 0.3) is 0 Å². The molecule has 0 bridgehead atoms. The molecule has 0 unspecified atom stereocenters. The molecule has 0 amide bonds. The van der Waals surface area contributed by atoms with Gasteiger partial charge in [-0.15, -0.1) is 11.6 Å². The molecule has 0 nitrogen and oxygen atoms in total. The molecule has 1 rings (SSSR count). The predicted octanol–water partition coefficient (Wildman–Crippen LogP) is 5.37. The van der Waals surface area contributed by atoms with Crippen LogP contribution in [0.3, 0.4) is 0 Å². The lowest BCUT2D eigenvalue weighted by Gasteiger charge is -2.13. The SMILES string of the molecule is ClCc1ccc(C(Br)(Br)Br)cc1Cl. The zero-order valence-corrected chi connectivity index (χ0v) is 12.6. The highest BCUT2D eigenvalue weighted by Gasteiger charge is 2.21. The third-order valence-electron chi connectivity index (χ3n) is 1.52. The summed E-state index contributed by atoms with van der Waals surface area (Å²) in [4.78, 5) is 0. The van der Waals surface area contributed by atoms with Gasteiger partial charge in [-0.25, -0.2) is 0 Å². The smallest absolute Gasteiger partial charge is 0.121 e. The predicted molar refractivity (Wildman–Crippen MR) is 69.5 cm³/mol. The minimum atomic E-state index is -0.415. The van der Waals surface area contributed by atoms with Gasteiger partial charge in [-0.05, 0) is 17.2 Å². The van der Waals surface area contributed by atoms with Crippen LogP contribution in [0.5, 0.6) is 0 Å². The standard InChI is InChI=1S/C8H5Br3Cl2/c9-8(10,11)6-2-1-5(4-12)7(13)3-6/h1-3H,4H2. The van der Waals surface area contributed by atoms with Gasteiger partial charge >= 0.3 is 0 Å². The van der Waals surface area contributed by atoms with E-state index in [4.69, 9.17) is 23.2 Å². The van der Waals surface area contributed by atoms with Gasteiger partial charge in [0.05, 0.1) is 0 Å². The highest BCUT2D eigenvalue weighted by Crippen LogP contribution is 2.45. The fraction of sp³-hybridized carbons (Fsp3) is 0.250. The lowest BCUT2D eigenvalue weighted by Crippen LogP contribution is -1.97. The van der Waals surface area contributed by atoms with Gasteiger partial charge in [0, 0.05) is 10.9 Å². The Labute approximate surface area is 112 Å². The van der Waals surface area contributed by atoms with E-state index in [1.54, 1.807) is 0 Å². The summed E-state index contributed by atoms with van der Waals surface area (Å²) in [5.74, 6) is 0.430. The summed E-state index contributed by atoms with van der Waals surface area (Å²) in [5, 5.41) is 0.676. The Morgan fingerprint density at radius 3 is 2.23 bits per heavy atom. The summed E-state index contributed by atoms with van der Waals surface area (Å²) in [6, 6.07) is 5.71. The molecule has 0 heterocycles. The van der Waals surface area contributed by atoms with Gasteiger partial charge in [-0.1, -0.05) is 71.5 Å². The molecular formula is C8H5Br3Cl2. The molecule has 1 aromatic rings. The zero-order valence-electron chi connectivity index (χ0n) is 6.33. The van der Waals surface area contributed by atoms with Gasteiger partial charge < -0.3 is 0 Å². The minimum absolute atomic E-state index is 0.415. The summed E-state index contributed by atoms with van der Waals surface area (Å²) in [6.07, 6.45) is 0. The molecule has 0 atom stereocenters. The van der Waals surface area contributed by atoms with Crippen molar-refractivity contribution in [1.82, 2.24) is 0 Å². The highest BCUT2D eigenvalue weighted by atomic mass is 80.0. The first-order chi connectivity index (χ1) is 5.95. The van der Waals surface area contributed by atoms with Gasteiger partial charge in [0.1, 0.15) is 0 Å². The molecule has 5 heteroatoms. The highest BCUT2D eigenvalue weighted by molar-refractivity contribution is 9.38. The summed E-state index contributed by atoms with van der Waals surface area (Å²) in [5.41, 5.74) is 1.93. The van der Waals surface area contributed by atoms with Gasteiger partial charge in [0.2, 0.25) is 0 Å². The molecule has 0 spiro atoms. The second-order valence-electron chi connectivity index (χ2n) is 2.44. The second-order valence-corrected chi connectivity index (χ2v) is 9.87. The zero-order chi connectivity index (χ0) is 10.1. The molecule has 0 aliphatic heterocycles. The number of halogens is 5. The Bertz CT molecular complexity index is 307. The van der Waals surface area contributed by atoms with Crippen LogP contribution in [0.25, 0.3) is 0 Å². The van der Waals surface area contributed by atoms with Crippen molar-refractivity contribution in [2.45, 2.75) is 8.02 Å². The Morgan fingerprint density at radius 1 is 1.23 bits per heavy atom. The van der Waals surface area contributed by atoms with Crippen molar-refractivity contribution in [1.29, 1.82) is 0 Å². The third kappa shape index (κ3) is 3.38. The number of hydrogen-bond donors (Lipinski definition) is 0. The fourth-order valence-electron chi connectivity index (χ4n) is 0.832. The molecule has 0 saturated heterocycles. The first-order valence-electron chi connectivity index (χ1n) is 3.36. The van der Waals surface area contributed by atoms with E-state index >= 15 is 0 Å². The van der Waals surface area contributed by atoms with E-state index in [1.807, 2.05) is 18.2 Å². The fourth-order valence-corrected chi connectivity index (χ4v) is 2.12. The van der Waals surface area contributed by atoms with Crippen molar-refractivity contribution in [3.63, 3.8) is 0 Å². The maximum absolute atomic E-state index is 5.99. The summed E-state index contributed by atoms with van der Waals surface area (Å²) in [7, 11) is 0. The van der Waals surface area contributed by atoms with E-state index < -0.39 is 2.14 Å². The van der Waals surface area contributed by atoms with E-state index in [0.717, 1.165) is 11.1 Å². The van der Waals surface area contributed by atoms with Crippen LogP contribution in [0.2, 0.25) is 5.02 Å². The average molecular weight is 412 g/mol. The average Bonchev–Trinajstić information content (AvgIpc) is 2.02. The molecule has 0 radical (unpaired) electrons. The van der Waals surface area contributed by atoms with Crippen LogP contribution in [-0.2, 0) is 8.02 Å². The van der Waals surface area contributed by atoms with Crippen LogP contribution in [0.4, 0.5) is 0 Å². The molecule has 13 heavy (non-hydrogen) atoms. The van der Waals surface area contributed by atoms with Crippen molar-refractivity contribution >= 4 is 71.0 Å². The van der Waals surface area contributed by atoms with Crippen LogP contribution >= 0.6 is 71.0 Å². The Morgan fingerprint density at radius 2 is 1.85 bits per heavy atom. The molecule has 72 valence electrons. The summed E-state index contributed by atoms with van der Waals surface area (Å²) in [6.45, 7) is 0. The van der Waals surface area contributed by atoms with Gasteiger partial charge in [-0.3, -0.25) is 0 Å². The lowest BCUT2D eigenvalue weighted by molar-refractivity contribution is 1.31. The first kappa shape index (κ1) is 12.3. The van der Waals surface area contributed by atoms with E-state index in [0.29, 0.717) is 10.9 Å². The third-order valence-corrected chi connectivity index (χ3v) is 3.54. The molecule has 0 aliphatic carbocycles. The Hall–Kier alpha value is 1.24. The molecule has 1 aromatic carbocycles.